The highest BCUT2D eigenvalue weighted by atomic mass is 19.1. The molecular weight excluding hydrogens is 331 g/mol. The average molecular weight is 350 g/mol. The molecule has 1 aromatic carbocycles. The molecule has 0 bridgehead atoms. The van der Waals surface area contributed by atoms with Crippen molar-refractivity contribution in [2.24, 2.45) is 0 Å². The van der Waals surface area contributed by atoms with Crippen molar-refractivity contribution in [2.45, 2.75) is 37.6 Å². The summed E-state index contributed by atoms with van der Waals surface area (Å²) >= 11 is 0. The van der Waals surface area contributed by atoms with Gasteiger partial charge in [-0.2, -0.15) is 0 Å². The van der Waals surface area contributed by atoms with Crippen molar-refractivity contribution in [1.29, 1.82) is 0 Å². The molecule has 4 N–H and O–H groups in total. The summed E-state index contributed by atoms with van der Waals surface area (Å²) in [6.07, 6.45) is -0.721. The van der Waals surface area contributed by atoms with E-state index < -0.39 is 36.1 Å². The molecule has 3 rings (SSSR count). The van der Waals surface area contributed by atoms with E-state index in [1.807, 2.05) is 0 Å². The van der Waals surface area contributed by atoms with Crippen molar-refractivity contribution in [2.75, 3.05) is 11.9 Å². The van der Waals surface area contributed by atoms with Gasteiger partial charge in [0.05, 0.1) is 12.1 Å². The third-order valence-corrected chi connectivity index (χ3v) is 4.35. The fourth-order valence-corrected chi connectivity index (χ4v) is 3.17. The normalized spacial score (nSPS) is 26.7. The van der Waals surface area contributed by atoms with Crippen LogP contribution in [0.1, 0.15) is 13.3 Å². The predicted octanol–water partition coefficient (Wildman–Crippen LogP) is -0.204. The minimum absolute atomic E-state index is 0.177. The zero-order valence-corrected chi connectivity index (χ0v) is 13.5. The van der Waals surface area contributed by atoms with Gasteiger partial charge in [0.25, 0.3) is 0 Å². The topological polar surface area (TPSA) is 111 Å². The summed E-state index contributed by atoms with van der Waals surface area (Å²) in [5.41, 5.74) is 0.302. The largest absolute Gasteiger partial charge is 0.391 e. The zero-order valence-electron chi connectivity index (χ0n) is 13.5. The van der Waals surface area contributed by atoms with Crippen molar-refractivity contribution in [3.63, 3.8) is 0 Å². The number of nitrogens with one attached hydrogen (secondary N) is 3. The highest BCUT2D eigenvalue weighted by Gasteiger charge is 2.47. The number of anilines is 1. The van der Waals surface area contributed by atoms with Gasteiger partial charge >= 0.3 is 6.03 Å². The van der Waals surface area contributed by atoms with Gasteiger partial charge in [0.2, 0.25) is 11.8 Å². The van der Waals surface area contributed by atoms with E-state index in [0.29, 0.717) is 5.69 Å². The summed E-state index contributed by atoms with van der Waals surface area (Å²) in [7, 11) is 0. The molecule has 2 fully saturated rings. The van der Waals surface area contributed by atoms with Crippen LogP contribution in [0.5, 0.6) is 0 Å². The summed E-state index contributed by atoms with van der Waals surface area (Å²) in [5, 5.41) is 17.3. The number of benzene rings is 1. The fraction of sp³-hybridized carbons (Fsp3) is 0.438. The molecule has 9 heteroatoms. The summed E-state index contributed by atoms with van der Waals surface area (Å²) in [6.45, 7) is 1.61. The average Bonchev–Trinajstić information content (AvgIpc) is 2.95. The summed E-state index contributed by atoms with van der Waals surface area (Å²) in [4.78, 5) is 37.9. The number of aliphatic hydroxyl groups is 1. The van der Waals surface area contributed by atoms with Gasteiger partial charge in [-0.05, 0) is 31.5 Å². The van der Waals surface area contributed by atoms with Crippen molar-refractivity contribution >= 4 is 23.5 Å². The first kappa shape index (κ1) is 17.2. The number of rotatable bonds is 3. The molecule has 0 saturated carbocycles. The van der Waals surface area contributed by atoms with Gasteiger partial charge in [0.15, 0.2) is 0 Å². The Morgan fingerprint density at radius 3 is 2.88 bits per heavy atom. The zero-order chi connectivity index (χ0) is 18.1. The van der Waals surface area contributed by atoms with Crippen LogP contribution >= 0.6 is 0 Å². The molecule has 0 radical (unpaired) electrons. The van der Waals surface area contributed by atoms with Crippen molar-refractivity contribution < 1.29 is 23.9 Å². The number of carbonyl (C=O) groups is 3. The Morgan fingerprint density at radius 1 is 1.44 bits per heavy atom. The number of halogens is 1. The van der Waals surface area contributed by atoms with Crippen molar-refractivity contribution in [3.05, 3.63) is 30.1 Å². The third kappa shape index (κ3) is 3.55. The van der Waals surface area contributed by atoms with E-state index in [1.165, 1.54) is 30.0 Å². The first-order chi connectivity index (χ1) is 11.8. The SMILES string of the molecule is C[C@H](O)[C@H]1NC(=O)[C@@H]2C[C@H](NC(=O)Nc3cccc(F)c3)CN2C1=O. The second kappa shape index (κ2) is 6.67. The van der Waals surface area contributed by atoms with Crippen LogP contribution in [0, 0.1) is 5.82 Å². The number of aliphatic hydroxyl groups excluding tert-OH is 1. The van der Waals surface area contributed by atoms with E-state index in [0.717, 1.165) is 0 Å². The molecule has 0 aliphatic carbocycles. The smallest absolute Gasteiger partial charge is 0.319 e. The maximum absolute atomic E-state index is 13.1. The number of carbonyl (C=O) groups excluding carboxylic acids is 3. The number of hydrogen-bond acceptors (Lipinski definition) is 4. The monoisotopic (exact) mass is 350 g/mol. The van der Waals surface area contributed by atoms with Crippen LogP contribution in [0.3, 0.4) is 0 Å². The fourth-order valence-electron chi connectivity index (χ4n) is 3.17. The molecule has 2 heterocycles. The summed E-state index contributed by atoms with van der Waals surface area (Å²) < 4.78 is 13.1. The first-order valence-corrected chi connectivity index (χ1v) is 7.97. The molecule has 0 spiro atoms. The second-order valence-corrected chi connectivity index (χ2v) is 6.27. The van der Waals surface area contributed by atoms with E-state index in [4.69, 9.17) is 0 Å². The van der Waals surface area contributed by atoms with Gasteiger partial charge in [-0.1, -0.05) is 6.07 Å². The van der Waals surface area contributed by atoms with E-state index in [9.17, 15) is 23.9 Å². The van der Waals surface area contributed by atoms with Crippen molar-refractivity contribution in [3.8, 4) is 0 Å². The van der Waals surface area contributed by atoms with Crippen LogP contribution < -0.4 is 16.0 Å². The molecule has 25 heavy (non-hydrogen) atoms. The van der Waals surface area contributed by atoms with Gasteiger partial charge in [-0.3, -0.25) is 9.59 Å². The molecule has 134 valence electrons. The van der Waals surface area contributed by atoms with Crippen LogP contribution in [-0.4, -0.2) is 58.6 Å². The van der Waals surface area contributed by atoms with Gasteiger partial charge in [0.1, 0.15) is 17.9 Å². The van der Waals surface area contributed by atoms with E-state index in [-0.39, 0.29) is 24.8 Å². The van der Waals surface area contributed by atoms with Gasteiger partial charge in [-0.15, -0.1) is 0 Å². The third-order valence-electron chi connectivity index (χ3n) is 4.35. The minimum Gasteiger partial charge on any atom is -0.391 e. The predicted molar refractivity (Wildman–Crippen MR) is 86.1 cm³/mol. The standard InChI is InChI=1S/C16H19FN4O4/c1-8(22)13-15(24)21-7-11(6-12(21)14(23)20-13)19-16(25)18-10-4-2-3-9(17)5-10/h2-5,8,11-13,22H,6-7H2,1H3,(H,20,23)(H2,18,19,25)/t8-,11-,12-,13+/m0/s1. The first-order valence-electron chi connectivity index (χ1n) is 7.97. The minimum atomic E-state index is -0.999. The number of fused-ring (bicyclic) bond motifs is 1. The number of amides is 4. The highest BCUT2D eigenvalue weighted by molar-refractivity contribution is 5.98. The molecular formula is C16H19FN4O4. The molecule has 4 atom stereocenters. The van der Waals surface area contributed by atoms with Gasteiger partial charge in [-0.25, -0.2) is 9.18 Å². The maximum atomic E-state index is 13.1. The van der Waals surface area contributed by atoms with Gasteiger partial charge < -0.3 is 26.0 Å². The lowest BCUT2D eigenvalue weighted by Gasteiger charge is -2.35. The van der Waals surface area contributed by atoms with Crippen LogP contribution in [0.25, 0.3) is 0 Å². The Labute approximate surface area is 143 Å². The molecule has 1 aromatic rings. The summed E-state index contributed by atoms with van der Waals surface area (Å²) in [5.74, 6) is -1.18. The van der Waals surface area contributed by atoms with E-state index >= 15 is 0 Å². The molecule has 2 aliphatic heterocycles. The number of hydrogen-bond donors (Lipinski definition) is 4. The van der Waals surface area contributed by atoms with Gasteiger partial charge in [0, 0.05) is 12.2 Å². The second-order valence-electron chi connectivity index (χ2n) is 6.27. The molecule has 8 nitrogen and oxygen atoms in total. The molecule has 4 amide bonds. The number of piperazine rings is 1. The Kier molecular flexibility index (Phi) is 4.58. The quantitative estimate of drug-likeness (QED) is 0.605. The Bertz CT molecular complexity index is 711. The molecule has 0 aromatic heterocycles. The molecule has 0 unspecified atom stereocenters. The summed E-state index contributed by atoms with van der Waals surface area (Å²) in [6, 6.07) is 2.87. The highest BCUT2D eigenvalue weighted by Crippen LogP contribution is 2.23. The lowest BCUT2D eigenvalue weighted by atomic mass is 10.0. The Balaban J connectivity index is 1.61. The molecule has 2 saturated heterocycles. The lowest BCUT2D eigenvalue weighted by Crippen LogP contribution is -2.64. The van der Waals surface area contributed by atoms with Crippen LogP contribution in [-0.2, 0) is 9.59 Å². The van der Waals surface area contributed by atoms with Crippen LogP contribution in [0.2, 0.25) is 0 Å². The van der Waals surface area contributed by atoms with E-state index in [2.05, 4.69) is 16.0 Å². The Morgan fingerprint density at radius 2 is 2.20 bits per heavy atom. The van der Waals surface area contributed by atoms with Crippen molar-refractivity contribution in [1.82, 2.24) is 15.5 Å². The van der Waals surface area contributed by atoms with Crippen LogP contribution in [0.15, 0.2) is 24.3 Å². The number of urea groups is 1. The van der Waals surface area contributed by atoms with E-state index in [1.54, 1.807) is 6.07 Å². The number of nitrogens with zero attached hydrogens (tertiary/aromatic N) is 1. The lowest BCUT2D eigenvalue weighted by molar-refractivity contribution is -0.149. The maximum Gasteiger partial charge on any atom is 0.319 e. The molecule has 2 aliphatic rings. The Hall–Kier alpha value is -2.68. The van der Waals surface area contributed by atoms with Crippen LogP contribution in [0.4, 0.5) is 14.9 Å².